The zero-order chi connectivity index (χ0) is 17.2. The SMILES string of the molecule is C[N+](C)=C1C=CC(=C2C=C(c3ccsc3)SC(c3cccs3)=C2)C=C1. The lowest BCUT2D eigenvalue weighted by Crippen LogP contribution is -2.09. The van der Waals surface area contributed by atoms with Crippen molar-refractivity contribution in [1.29, 1.82) is 0 Å². The fourth-order valence-corrected chi connectivity index (χ4v) is 5.37. The molecular formula is C21H18NS3+. The van der Waals surface area contributed by atoms with Crippen LogP contribution in [0.3, 0.4) is 0 Å². The maximum absolute atomic E-state index is 2.32. The van der Waals surface area contributed by atoms with E-state index in [4.69, 9.17) is 0 Å². The predicted molar refractivity (Wildman–Crippen MR) is 115 cm³/mol. The summed E-state index contributed by atoms with van der Waals surface area (Å²) >= 11 is 5.41. The molecule has 0 saturated carbocycles. The van der Waals surface area contributed by atoms with Crippen LogP contribution < -0.4 is 0 Å². The van der Waals surface area contributed by atoms with Gasteiger partial charge in [-0.3, -0.25) is 0 Å². The van der Waals surface area contributed by atoms with Crippen LogP contribution in [0.1, 0.15) is 10.4 Å². The fraction of sp³-hybridized carbons (Fsp3) is 0.0952. The second-order valence-corrected chi connectivity index (χ2v) is 8.82. The average Bonchev–Trinajstić information content (AvgIpc) is 3.35. The van der Waals surface area contributed by atoms with E-state index in [1.165, 1.54) is 37.1 Å². The number of allylic oxidation sites excluding steroid dienone is 8. The highest BCUT2D eigenvalue weighted by molar-refractivity contribution is 8.16. The Morgan fingerprint density at radius 3 is 2.28 bits per heavy atom. The molecular weight excluding hydrogens is 362 g/mol. The Morgan fingerprint density at radius 1 is 0.840 bits per heavy atom. The number of hydrogen-bond acceptors (Lipinski definition) is 3. The lowest BCUT2D eigenvalue weighted by Gasteiger charge is -2.17. The van der Waals surface area contributed by atoms with Crippen molar-refractivity contribution in [3.8, 4) is 0 Å². The Bertz CT molecular complexity index is 888. The summed E-state index contributed by atoms with van der Waals surface area (Å²) in [6.45, 7) is 0. The molecule has 2 aromatic rings. The summed E-state index contributed by atoms with van der Waals surface area (Å²) in [5.41, 5.74) is 5.06. The molecule has 25 heavy (non-hydrogen) atoms. The molecule has 0 radical (unpaired) electrons. The molecule has 0 fully saturated rings. The Balaban J connectivity index is 1.80. The summed E-state index contributed by atoms with van der Waals surface area (Å²) in [4.78, 5) is 3.97. The van der Waals surface area contributed by atoms with Crippen molar-refractivity contribution in [2.75, 3.05) is 14.1 Å². The molecule has 4 heteroatoms. The topological polar surface area (TPSA) is 3.01 Å². The Hall–Kier alpha value is -1.88. The molecule has 3 heterocycles. The second-order valence-electron chi connectivity index (χ2n) is 6.01. The van der Waals surface area contributed by atoms with Gasteiger partial charge in [0.25, 0.3) is 0 Å². The standard InChI is InChI=1S/C21H18NS3/c1-22(2)18-7-5-15(6-8-18)17-12-20(16-9-11-23-14-16)25-21(13-17)19-4-3-10-24-19/h3-14H,1-2H3/q+1. The first-order valence-electron chi connectivity index (χ1n) is 8.03. The Kier molecular flexibility index (Phi) is 4.75. The van der Waals surface area contributed by atoms with Gasteiger partial charge in [-0.1, -0.05) is 17.8 Å². The first-order valence-corrected chi connectivity index (χ1v) is 10.7. The van der Waals surface area contributed by atoms with Crippen LogP contribution in [0, 0.1) is 0 Å². The maximum Gasteiger partial charge on any atom is 0.199 e. The van der Waals surface area contributed by atoms with Gasteiger partial charge >= 0.3 is 0 Å². The first-order chi connectivity index (χ1) is 12.2. The van der Waals surface area contributed by atoms with E-state index in [9.17, 15) is 0 Å². The van der Waals surface area contributed by atoms with Crippen LogP contribution in [0.25, 0.3) is 9.81 Å². The molecule has 0 spiro atoms. The molecule has 2 aromatic heterocycles. The molecule has 0 aromatic carbocycles. The van der Waals surface area contributed by atoms with Crippen LogP contribution in [0.15, 0.2) is 81.9 Å². The van der Waals surface area contributed by atoms with Gasteiger partial charge in [0.05, 0.1) is 0 Å². The van der Waals surface area contributed by atoms with Gasteiger partial charge in [-0.25, -0.2) is 4.58 Å². The Morgan fingerprint density at radius 2 is 1.64 bits per heavy atom. The van der Waals surface area contributed by atoms with Crippen LogP contribution >= 0.6 is 34.4 Å². The van der Waals surface area contributed by atoms with Gasteiger partial charge in [0.1, 0.15) is 14.1 Å². The number of hydrogen-bond donors (Lipinski definition) is 0. The largest absolute Gasteiger partial charge is 0.235 e. The summed E-state index contributed by atoms with van der Waals surface area (Å²) in [5.74, 6) is 0. The third-order valence-electron chi connectivity index (χ3n) is 4.08. The summed E-state index contributed by atoms with van der Waals surface area (Å²) in [6, 6.07) is 6.52. The van der Waals surface area contributed by atoms with Gasteiger partial charge in [-0.15, -0.1) is 11.3 Å². The molecule has 2 aliphatic rings. The van der Waals surface area contributed by atoms with Crippen molar-refractivity contribution in [3.63, 3.8) is 0 Å². The van der Waals surface area contributed by atoms with Crippen molar-refractivity contribution in [2.45, 2.75) is 0 Å². The minimum Gasteiger partial charge on any atom is -0.235 e. The summed E-state index contributed by atoms with van der Waals surface area (Å²) < 4.78 is 2.13. The summed E-state index contributed by atoms with van der Waals surface area (Å²) in [6.07, 6.45) is 13.4. The smallest absolute Gasteiger partial charge is 0.199 e. The zero-order valence-corrected chi connectivity index (χ0v) is 16.5. The van der Waals surface area contributed by atoms with E-state index in [2.05, 4.69) is 89.5 Å². The molecule has 0 N–H and O–H groups in total. The molecule has 0 bridgehead atoms. The third-order valence-corrected chi connectivity index (χ3v) is 6.93. The minimum atomic E-state index is 1.22. The van der Waals surface area contributed by atoms with E-state index in [0.29, 0.717) is 0 Å². The fourth-order valence-electron chi connectivity index (χ4n) is 2.71. The normalized spacial score (nSPS) is 17.0. The van der Waals surface area contributed by atoms with Crippen molar-refractivity contribution >= 4 is 50.0 Å². The van der Waals surface area contributed by atoms with Crippen LogP contribution in [0.4, 0.5) is 0 Å². The van der Waals surface area contributed by atoms with E-state index < -0.39 is 0 Å². The third kappa shape index (κ3) is 3.56. The number of thiophene rings is 2. The van der Waals surface area contributed by atoms with Gasteiger partial charge in [0.15, 0.2) is 5.71 Å². The molecule has 0 unspecified atom stereocenters. The van der Waals surface area contributed by atoms with Crippen molar-refractivity contribution in [1.82, 2.24) is 0 Å². The summed E-state index contributed by atoms with van der Waals surface area (Å²) in [7, 11) is 4.14. The molecule has 4 rings (SSSR count). The number of rotatable bonds is 2. The van der Waals surface area contributed by atoms with Gasteiger partial charge < -0.3 is 0 Å². The highest BCUT2D eigenvalue weighted by Crippen LogP contribution is 2.46. The number of nitrogens with zero attached hydrogens (tertiary/aromatic N) is 1. The van der Waals surface area contributed by atoms with E-state index in [1.807, 2.05) is 11.8 Å². The van der Waals surface area contributed by atoms with Crippen LogP contribution in [-0.4, -0.2) is 24.4 Å². The average molecular weight is 381 g/mol. The molecule has 1 aliphatic carbocycles. The lowest BCUT2D eigenvalue weighted by molar-refractivity contribution is -0.462. The molecule has 0 saturated heterocycles. The Labute approximate surface area is 160 Å². The van der Waals surface area contributed by atoms with Gasteiger partial charge in [0, 0.05) is 26.8 Å². The molecule has 1 aliphatic heterocycles. The molecule has 0 atom stereocenters. The maximum atomic E-state index is 2.32. The van der Waals surface area contributed by atoms with E-state index in [0.717, 1.165) is 0 Å². The van der Waals surface area contributed by atoms with Crippen molar-refractivity contribution in [2.24, 2.45) is 0 Å². The van der Waals surface area contributed by atoms with Crippen molar-refractivity contribution in [3.05, 3.63) is 92.4 Å². The van der Waals surface area contributed by atoms with Crippen LogP contribution in [-0.2, 0) is 0 Å². The molecule has 1 nitrogen and oxygen atoms in total. The van der Waals surface area contributed by atoms with E-state index in [-0.39, 0.29) is 0 Å². The summed E-state index contributed by atoms with van der Waals surface area (Å²) in [5, 5.41) is 6.51. The number of thioether (sulfide) groups is 1. The molecule has 124 valence electrons. The minimum absolute atomic E-state index is 1.22. The van der Waals surface area contributed by atoms with Gasteiger partial charge in [-0.2, -0.15) is 11.3 Å². The van der Waals surface area contributed by atoms with Crippen LogP contribution in [0.5, 0.6) is 0 Å². The van der Waals surface area contributed by atoms with E-state index >= 15 is 0 Å². The van der Waals surface area contributed by atoms with Gasteiger partial charge in [0.2, 0.25) is 0 Å². The monoisotopic (exact) mass is 380 g/mol. The highest BCUT2D eigenvalue weighted by atomic mass is 32.2. The lowest BCUT2D eigenvalue weighted by atomic mass is 10.00. The zero-order valence-electron chi connectivity index (χ0n) is 14.1. The van der Waals surface area contributed by atoms with Gasteiger partial charge in [-0.05, 0) is 69.3 Å². The second kappa shape index (κ2) is 7.16. The van der Waals surface area contributed by atoms with Crippen molar-refractivity contribution < 1.29 is 4.58 Å². The van der Waals surface area contributed by atoms with E-state index in [1.54, 1.807) is 22.7 Å². The highest BCUT2D eigenvalue weighted by Gasteiger charge is 2.17. The van der Waals surface area contributed by atoms with Crippen LogP contribution in [0.2, 0.25) is 0 Å². The first kappa shape index (κ1) is 16.6. The molecule has 0 amide bonds. The quantitative estimate of drug-likeness (QED) is 0.571. The predicted octanol–water partition coefficient (Wildman–Crippen LogP) is 6.07.